The molecule has 0 spiro atoms. The standard InChI is InChI=1S/C18H14O5/c19-10-4-3-8(6-11(10)20)17-16(22)12(21)7-13(23-17)18-5-1-2-9-14(18)15(9)18/h3-4,6-7,9,14-15,22H,1-2,5H2. The number of rotatable bonds is 2. The molecule has 3 saturated carbocycles. The van der Waals surface area contributed by atoms with Gasteiger partial charge in [-0.05, 0) is 42.7 Å². The Balaban J connectivity index is 1.62. The summed E-state index contributed by atoms with van der Waals surface area (Å²) in [5, 5.41) is 10.1. The molecule has 2 unspecified atom stereocenters. The molecule has 0 amide bonds. The molecule has 5 heteroatoms. The minimum absolute atomic E-state index is 0.00704. The predicted octanol–water partition coefficient (Wildman–Crippen LogP) is 1.73. The summed E-state index contributed by atoms with van der Waals surface area (Å²) in [7, 11) is 0. The van der Waals surface area contributed by atoms with Gasteiger partial charge in [0.05, 0.1) is 0 Å². The van der Waals surface area contributed by atoms with Gasteiger partial charge in [0.25, 0.3) is 0 Å². The lowest BCUT2D eigenvalue weighted by molar-refractivity contribution is -0.131. The fraction of sp³-hybridized carbons (Fsp3) is 0.389. The topological polar surface area (TPSA) is 84.6 Å². The Bertz CT molecular complexity index is 890. The summed E-state index contributed by atoms with van der Waals surface area (Å²) in [5.41, 5.74) is -0.254. The number of allylic oxidation sites excluding steroid dienone is 4. The number of fused-ring (bicyclic) bond motifs is 2. The molecule has 5 nitrogen and oxygen atoms in total. The van der Waals surface area contributed by atoms with Crippen molar-refractivity contribution in [3.05, 3.63) is 46.0 Å². The summed E-state index contributed by atoms with van der Waals surface area (Å²) in [5.74, 6) is 0.826. The molecule has 2 atom stereocenters. The summed E-state index contributed by atoms with van der Waals surface area (Å²) in [6, 6.07) is 1.40. The molecule has 0 bridgehead atoms. The molecule has 1 heterocycles. The highest BCUT2D eigenvalue weighted by molar-refractivity contribution is 6.48. The summed E-state index contributed by atoms with van der Waals surface area (Å²) in [6.07, 6.45) is 7.05. The van der Waals surface area contributed by atoms with Crippen molar-refractivity contribution in [3.63, 3.8) is 0 Å². The van der Waals surface area contributed by atoms with Crippen molar-refractivity contribution in [2.45, 2.75) is 24.7 Å². The smallest absolute Gasteiger partial charge is 0.227 e. The van der Waals surface area contributed by atoms with Crippen LogP contribution in [0.15, 0.2) is 33.5 Å². The zero-order valence-electron chi connectivity index (χ0n) is 12.2. The number of carbonyl (C=O) groups is 2. The largest absolute Gasteiger partial charge is 0.502 e. The number of aromatic hydroxyl groups is 1. The molecule has 116 valence electrons. The van der Waals surface area contributed by atoms with Crippen LogP contribution in [0.5, 0.6) is 5.75 Å². The van der Waals surface area contributed by atoms with Crippen LogP contribution in [0, 0.1) is 17.8 Å². The summed E-state index contributed by atoms with van der Waals surface area (Å²) in [6.45, 7) is 0. The van der Waals surface area contributed by atoms with Crippen LogP contribution in [-0.4, -0.2) is 16.7 Å². The third-order valence-corrected chi connectivity index (χ3v) is 5.96. The zero-order valence-corrected chi connectivity index (χ0v) is 12.2. The maximum atomic E-state index is 12.1. The van der Waals surface area contributed by atoms with Crippen LogP contribution < -0.4 is 5.43 Å². The molecule has 0 radical (unpaired) electrons. The maximum Gasteiger partial charge on any atom is 0.227 e. The van der Waals surface area contributed by atoms with E-state index in [0.29, 0.717) is 17.6 Å². The predicted molar refractivity (Wildman–Crippen MR) is 79.8 cm³/mol. The van der Waals surface area contributed by atoms with Crippen LogP contribution in [-0.2, 0) is 15.0 Å². The summed E-state index contributed by atoms with van der Waals surface area (Å²) in [4.78, 5) is 35.0. The van der Waals surface area contributed by atoms with Gasteiger partial charge in [0, 0.05) is 23.1 Å². The van der Waals surface area contributed by atoms with Crippen molar-refractivity contribution in [1.29, 1.82) is 0 Å². The van der Waals surface area contributed by atoms with Gasteiger partial charge in [0.15, 0.2) is 5.76 Å². The monoisotopic (exact) mass is 310 g/mol. The molecular formula is C18H14O5. The first-order chi connectivity index (χ1) is 11.0. The van der Waals surface area contributed by atoms with E-state index in [1.54, 1.807) is 0 Å². The van der Waals surface area contributed by atoms with Gasteiger partial charge in [-0.3, -0.25) is 14.4 Å². The molecule has 0 aromatic carbocycles. The van der Waals surface area contributed by atoms with Crippen LogP contribution in [0.4, 0.5) is 0 Å². The van der Waals surface area contributed by atoms with Crippen LogP contribution in [0.2, 0.25) is 0 Å². The highest BCUT2D eigenvalue weighted by Gasteiger charge is 2.85. The molecule has 23 heavy (non-hydrogen) atoms. The molecule has 1 aromatic heterocycles. The Morgan fingerprint density at radius 1 is 1.13 bits per heavy atom. The molecule has 4 aliphatic rings. The Morgan fingerprint density at radius 3 is 2.61 bits per heavy atom. The Hall–Kier alpha value is -2.43. The van der Waals surface area contributed by atoms with Gasteiger partial charge in [-0.2, -0.15) is 0 Å². The highest BCUT2D eigenvalue weighted by Crippen LogP contribution is 2.86. The van der Waals surface area contributed by atoms with E-state index in [4.69, 9.17) is 4.42 Å². The van der Waals surface area contributed by atoms with Crippen LogP contribution >= 0.6 is 0 Å². The van der Waals surface area contributed by atoms with Gasteiger partial charge < -0.3 is 9.52 Å². The Labute approximate surface area is 131 Å². The van der Waals surface area contributed by atoms with Crippen LogP contribution in [0.1, 0.15) is 30.8 Å². The van der Waals surface area contributed by atoms with Gasteiger partial charge in [0.1, 0.15) is 5.76 Å². The minimum atomic E-state index is -0.680. The van der Waals surface area contributed by atoms with E-state index in [2.05, 4.69) is 0 Å². The Morgan fingerprint density at radius 2 is 1.91 bits per heavy atom. The number of ketones is 2. The second-order valence-electron chi connectivity index (χ2n) is 6.96. The fourth-order valence-electron chi connectivity index (χ4n) is 4.85. The van der Waals surface area contributed by atoms with Gasteiger partial charge in [0.2, 0.25) is 22.7 Å². The van der Waals surface area contributed by atoms with Gasteiger partial charge in [-0.25, -0.2) is 0 Å². The summed E-state index contributed by atoms with van der Waals surface area (Å²) >= 11 is 0. The number of hydrogen-bond donors (Lipinski definition) is 1. The van der Waals surface area contributed by atoms with Gasteiger partial charge in [-0.1, -0.05) is 6.42 Å². The van der Waals surface area contributed by atoms with Crippen LogP contribution in [0.3, 0.4) is 0 Å². The van der Waals surface area contributed by atoms with E-state index in [0.717, 1.165) is 30.9 Å². The molecule has 1 N–H and O–H groups in total. The van der Waals surface area contributed by atoms with E-state index in [1.807, 2.05) is 0 Å². The zero-order chi connectivity index (χ0) is 15.9. The van der Waals surface area contributed by atoms with Crippen molar-refractivity contribution < 1.29 is 19.1 Å². The molecule has 1 aromatic rings. The van der Waals surface area contributed by atoms with E-state index in [-0.39, 0.29) is 16.7 Å². The molecule has 3 fully saturated rings. The number of hydrogen-bond acceptors (Lipinski definition) is 5. The second kappa shape index (κ2) is 3.91. The van der Waals surface area contributed by atoms with Crippen LogP contribution in [0.25, 0.3) is 5.57 Å². The molecular weight excluding hydrogens is 296 g/mol. The first-order valence-electron chi connectivity index (χ1n) is 7.90. The molecule has 4 aliphatic carbocycles. The minimum Gasteiger partial charge on any atom is -0.502 e. The molecule has 0 saturated heterocycles. The molecule has 0 aliphatic heterocycles. The third kappa shape index (κ3) is 1.49. The van der Waals surface area contributed by atoms with Crippen molar-refractivity contribution in [2.24, 2.45) is 17.8 Å². The first-order valence-corrected chi connectivity index (χ1v) is 7.90. The summed E-state index contributed by atoms with van der Waals surface area (Å²) < 4.78 is 5.88. The average Bonchev–Trinajstić information content (AvgIpc) is 3.44. The van der Waals surface area contributed by atoms with Crippen molar-refractivity contribution in [2.75, 3.05) is 0 Å². The van der Waals surface area contributed by atoms with Crippen molar-refractivity contribution in [1.82, 2.24) is 0 Å². The van der Waals surface area contributed by atoms with E-state index < -0.39 is 22.7 Å². The normalized spacial score (nSPS) is 36.5. The van der Waals surface area contributed by atoms with Gasteiger partial charge >= 0.3 is 0 Å². The average molecular weight is 310 g/mol. The lowest BCUT2D eigenvalue weighted by atomic mass is 9.74. The first kappa shape index (κ1) is 13.0. The second-order valence-corrected chi connectivity index (χ2v) is 6.96. The fourth-order valence-corrected chi connectivity index (χ4v) is 4.85. The SMILES string of the molecule is O=C1C=CC(c2oc(C34CCCC5C3C54)cc(=O)c2O)=CC1=O. The maximum absolute atomic E-state index is 12.1. The van der Waals surface area contributed by atoms with Gasteiger partial charge in [-0.15, -0.1) is 0 Å². The van der Waals surface area contributed by atoms with E-state index >= 15 is 0 Å². The quantitative estimate of drug-likeness (QED) is 0.664. The Kier molecular flexibility index (Phi) is 2.22. The van der Waals surface area contributed by atoms with Crippen molar-refractivity contribution in [3.8, 4) is 5.75 Å². The number of carbonyl (C=O) groups excluding carboxylic acids is 2. The van der Waals surface area contributed by atoms with E-state index in [1.165, 1.54) is 18.6 Å². The lowest BCUT2D eigenvalue weighted by Crippen LogP contribution is -2.28. The van der Waals surface area contributed by atoms with E-state index in [9.17, 15) is 19.5 Å². The third-order valence-electron chi connectivity index (χ3n) is 5.96. The van der Waals surface area contributed by atoms with Crippen molar-refractivity contribution >= 4 is 17.1 Å². The highest BCUT2D eigenvalue weighted by atomic mass is 16.4. The lowest BCUT2D eigenvalue weighted by Gasteiger charge is -2.31. The molecule has 5 rings (SSSR count).